The van der Waals surface area contributed by atoms with Crippen molar-refractivity contribution >= 4 is 35.0 Å². The maximum atomic E-state index is 13.4. The number of rotatable bonds is 11. The quantitative estimate of drug-likeness (QED) is 0.336. The number of unbranched alkanes of at least 4 members (excludes halogenated alkanes) is 1. The SMILES string of the molecule is CCCCNC(=O)[C@H](CC)N(Cc1ccc(Cl)cc1Cl)C(=O)CCc1ccc(C(C)(C)C)cc1. The van der Waals surface area contributed by atoms with Crippen LogP contribution in [-0.4, -0.2) is 29.3 Å². The van der Waals surface area contributed by atoms with Gasteiger partial charge in [0, 0.05) is 29.6 Å². The molecule has 0 saturated heterocycles. The summed E-state index contributed by atoms with van der Waals surface area (Å²) in [5.74, 6) is -0.188. The molecule has 0 aliphatic heterocycles. The molecule has 1 atom stereocenters. The van der Waals surface area contributed by atoms with Gasteiger partial charge in [0.05, 0.1) is 0 Å². The zero-order valence-corrected chi connectivity index (χ0v) is 22.6. The normalized spacial score (nSPS) is 12.3. The molecule has 0 spiro atoms. The number of hydrogen-bond acceptors (Lipinski definition) is 2. The first-order valence-corrected chi connectivity index (χ1v) is 12.9. The Morgan fingerprint density at radius 2 is 1.71 bits per heavy atom. The van der Waals surface area contributed by atoms with E-state index in [1.165, 1.54) is 5.56 Å². The average Bonchev–Trinajstić information content (AvgIpc) is 2.78. The van der Waals surface area contributed by atoms with Crippen LogP contribution in [0.5, 0.6) is 0 Å². The molecule has 186 valence electrons. The minimum atomic E-state index is -0.556. The maximum Gasteiger partial charge on any atom is 0.242 e. The summed E-state index contributed by atoms with van der Waals surface area (Å²) in [6, 6.07) is 13.1. The summed E-state index contributed by atoms with van der Waals surface area (Å²) in [6.45, 7) is 11.4. The molecule has 0 fully saturated rings. The first kappa shape index (κ1) is 28.2. The fourth-order valence-electron chi connectivity index (χ4n) is 3.83. The maximum absolute atomic E-state index is 13.4. The number of benzene rings is 2. The number of carbonyl (C=O) groups is 2. The van der Waals surface area contributed by atoms with Gasteiger partial charge in [0.1, 0.15) is 6.04 Å². The highest BCUT2D eigenvalue weighted by molar-refractivity contribution is 6.35. The van der Waals surface area contributed by atoms with Crippen LogP contribution in [0.2, 0.25) is 10.0 Å². The van der Waals surface area contributed by atoms with E-state index >= 15 is 0 Å². The van der Waals surface area contributed by atoms with Gasteiger partial charge < -0.3 is 10.2 Å². The molecule has 0 bridgehead atoms. The van der Waals surface area contributed by atoms with E-state index in [9.17, 15) is 9.59 Å². The van der Waals surface area contributed by atoms with Gasteiger partial charge in [-0.3, -0.25) is 9.59 Å². The number of carbonyl (C=O) groups excluding carboxylic acids is 2. The lowest BCUT2D eigenvalue weighted by Crippen LogP contribution is -2.49. The molecule has 2 amide bonds. The molecule has 2 rings (SSSR count). The highest BCUT2D eigenvalue weighted by atomic mass is 35.5. The lowest BCUT2D eigenvalue weighted by Gasteiger charge is -2.31. The molecular formula is C28H38Cl2N2O2. The van der Waals surface area contributed by atoms with Gasteiger partial charge in [-0.2, -0.15) is 0 Å². The molecule has 0 heterocycles. The van der Waals surface area contributed by atoms with Crippen molar-refractivity contribution in [1.82, 2.24) is 10.2 Å². The number of nitrogens with zero attached hydrogens (tertiary/aromatic N) is 1. The van der Waals surface area contributed by atoms with E-state index < -0.39 is 6.04 Å². The van der Waals surface area contributed by atoms with E-state index in [4.69, 9.17) is 23.2 Å². The van der Waals surface area contributed by atoms with E-state index in [0.717, 1.165) is 24.0 Å². The molecule has 34 heavy (non-hydrogen) atoms. The van der Waals surface area contributed by atoms with Gasteiger partial charge in [-0.15, -0.1) is 0 Å². The summed E-state index contributed by atoms with van der Waals surface area (Å²) in [7, 11) is 0. The molecule has 2 aromatic rings. The minimum Gasteiger partial charge on any atom is -0.354 e. The second kappa shape index (κ2) is 13.2. The molecule has 0 aliphatic rings. The van der Waals surface area contributed by atoms with Gasteiger partial charge in [0.25, 0.3) is 0 Å². The van der Waals surface area contributed by atoms with E-state index in [1.54, 1.807) is 17.0 Å². The number of amides is 2. The van der Waals surface area contributed by atoms with Crippen molar-refractivity contribution in [1.29, 1.82) is 0 Å². The molecule has 1 N–H and O–H groups in total. The van der Waals surface area contributed by atoms with Crippen molar-refractivity contribution in [2.45, 2.75) is 84.7 Å². The van der Waals surface area contributed by atoms with Gasteiger partial charge in [0.2, 0.25) is 11.8 Å². The standard InChI is InChI=1S/C28H38Cl2N2O2/c1-6-8-17-31-27(34)25(7-2)32(19-21-12-15-23(29)18-24(21)30)26(33)16-11-20-9-13-22(14-10-20)28(3,4)5/h9-10,12-15,18,25H,6-8,11,16-17,19H2,1-5H3,(H,31,34)/t25-/m0/s1. The third kappa shape index (κ3) is 8.32. The van der Waals surface area contributed by atoms with Gasteiger partial charge in [-0.05, 0) is 53.5 Å². The predicted octanol–water partition coefficient (Wildman–Crippen LogP) is 6.95. The Morgan fingerprint density at radius 1 is 1.03 bits per heavy atom. The van der Waals surface area contributed by atoms with Crippen molar-refractivity contribution in [2.24, 2.45) is 0 Å². The van der Waals surface area contributed by atoms with E-state index in [2.05, 4.69) is 57.3 Å². The van der Waals surface area contributed by atoms with Gasteiger partial charge in [-0.1, -0.05) is 94.6 Å². The molecular weight excluding hydrogens is 467 g/mol. The summed E-state index contributed by atoms with van der Waals surface area (Å²) in [5, 5.41) is 4.01. The first-order valence-electron chi connectivity index (χ1n) is 12.2. The fraction of sp³-hybridized carbons (Fsp3) is 0.500. The topological polar surface area (TPSA) is 49.4 Å². The van der Waals surface area contributed by atoms with E-state index in [1.807, 2.05) is 13.0 Å². The Labute approximate surface area is 215 Å². The van der Waals surface area contributed by atoms with Crippen LogP contribution in [0.1, 0.15) is 77.0 Å². The van der Waals surface area contributed by atoms with Crippen molar-refractivity contribution in [3.05, 3.63) is 69.2 Å². The van der Waals surface area contributed by atoms with Gasteiger partial charge >= 0.3 is 0 Å². The van der Waals surface area contributed by atoms with E-state index in [-0.39, 0.29) is 23.8 Å². The Bertz CT molecular complexity index is 952. The molecule has 0 aliphatic carbocycles. The van der Waals surface area contributed by atoms with E-state index in [0.29, 0.717) is 35.9 Å². The summed E-state index contributed by atoms with van der Waals surface area (Å²) in [5.41, 5.74) is 3.22. The Morgan fingerprint density at radius 3 is 2.26 bits per heavy atom. The largest absolute Gasteiger partial charge is 0.354 e. The monoisotopic (exact) mass is 504 g/mol. The number of aryl methyl sites for hydroxylation is 1. The first-order chi connectivity index (χ1) is 16.1. The molecule has 6 heteroatoms. The summed E-state index contributed by atoms with van der Waals surface area (Å²) in [4.78, 5) is 28.1. The Kier molecular flexibility index (Phi) is 10.9. The van der Waals surface area contributed by atoms with Gasteiger partial charge in [-0.25, -0.2) is 0 Å². The third-order valence-electron chi connectivity index (χ3n) is 6.02. The third-order valence-corrected chi connectivity index (χ3v) is 6.61. The van der Waals surface area contributed by atoms with Crippen LogP contribution < -0.4 is 5.32 Å². The Balaban J connectivity index is 2.20. The van der Waals surface area contributed by atoms with Gasteiger partial charge in [0.15, 0.2) is 0 Å². The summed E-state index contributed by atoms with van der Waals surface area (Å²) < 4.78 is 0. The molecule has 0 saturated carbocycles. The lowest BCUT2D eigenvalue weighted by atomic mass is 9.86. The highest BCUT2D eigenvalue weighted by Gasteiger charge is 2.28. The molecule has 4 nitrogen and oxygen atoms in total. The molecule has 0 unspecified atom stereocenters. The average molecular weight is 506 g/mol. The van der Waals surface area contributed by atoms with Crippen molar-refractivity contribution < 1.29 is 9.59 Å². The predicted molar refractivity (Wildman–Crippen MR) is 142 cm³/mol. The summed E-state index contributed by atoms with van der Waals surface area (Å²) in [6.07, 6.45) is 3.35. The molecule has 2 aromatic carbocycles. The highest BCUT2D eigenvalue weighted by Crippen LogP contribution is 2.25. The van der Waals surface area contributed by atoms with Crippen LogP contribution in [0.15, 0.2) is 42.5 Å². The van der Waals surface area contributed by atoms with Crippen LogP contribution >= 0.6 is 23.2 Å². The van der Waals surface area contributed by atoms with Crippen LogP contribution in [-0.2, 0) is 28.0 Å². The van der Waals surface area contributed by atoms with Crippen LogP contribution in [0.3, 0.4) is 0 Å². The van der Waals surface area contributed by atoms with Crippen LogP contribution in [0.4, 0.5) is 0 Å². The number of hydrogen-bond donors (Lipinski definition) is 1. The van der Waals surface area contributed by atoms with Crippen molar-refractivity contribution in [3.8, 4) is 0 Å². The Hall–Kier alpha value is -2.04. The van der Waals surface area contributed by atoms with Crippen LogP contribution in [0.25, 0.3) is 0 Å². The second-order valence-electron chi connectivity index (χ2n) is 9.77. The zero-order valence-electron chi connectivity index (χ0n) is 21.1. The van der Waals surface area contributed by atoms with Crippen molar-refractivity contribution in [2.75, 3.05) is 6.54 Å². The zero-order chi connectivity index (χ0) is 25.3. The number of nitrogens with one attached hydrogen (secondary N) is 1. The second-order valence-corrected chi connectivity index (χ2v) is 10.6. The van der Waals surface area contributed by atoms with Crippen molar-refractivity contribution in [3.63, 3.8) is 0 Å². The molecule has 0 aromatic heterocycles. The smallest absolute Gasteiger partial charge is 0.242 e. The fourth-order valence-corrected chi connectivity index (χ4v) is 4.29. The van der Waals surface area contributed by atoms with Crippen LogP contribution in [0, 0.1) is 0 Å². The molecule has 0 radical (unpaired) electrons. The number of halogens is 2. The lowest BCUT2D eigenvalue weighted by molar-refractivity contribution is -0.141. The minimum absolute atomic E-state index is 0.0663. The summed E-state index contributed by atoms with van der Waals surface area (Å²) >= 11 is 12.5.